The highest BCUT2D eigenvalue weighted by Gasteiger charge is 2.38. The summed E-state index contributed by atoms with van der Waals surface area (Å²) in [5.74, 6) is 0.102. The zero-order valence-corrected chi connectivity index (χ0v) is 29.2. The molecule has 0 aliphatic carbocycles. The smallest absolute Gasteiger partial charge is 0.266 e. The zero-order valence-electron chi connectivity index (χ0n) is 26.8. The number of benzene rings is 2. The zero-order chi connectivity index (χ0) is 32.7. The molecule has 242 valence electrons. The van der Waals surface area contributed by atoms with Gasteiger partial charge in [0.2, 0.25) is 0 Å². The molecule has 1 atom stereocenters. The van der Waals surface area contributed by atoms with Crippen molar-refractivity contribution in [3.05, 3.63) is 105 Å². The maximum absolute atomic E-state index is 14.0. The molecule has 7 rings (SSSR count). The van der Waals surface area contributed by atoms with Crippen molar-refractivity contribution in [3.8, 4) is 16.8 Å². The lowest BCUT2D eigenvalue weighted by atomic mass is 9.97. The normalized spacial score (nSPS) is 17.8. The van der Waals surface area contributed by atoms with E-state index in [1.165, 1.54) is 16.9 Å². The number of carbonyl (C=O) groups is 2. The molecule has 2 fully saturated rings. The van der Waals surface area contributed by atoms with Crippen LogP contribution in [0.2, 0.25) is 0 Å². The van der Waals surface area contributed by atoms with Crippen LogP contribution in [0.25, 0.3) is 16.8 Å². The summed E-state index contributed by atoms with van der Waals surface area (Å²) >= 11 is 4.99. The maximum Gasteiger partial charge on any atom is 0.266 e. The fourth-order valence-electron chi connectivity index (χ4n) is 6.64. The molecule has 2 amide bonds. The summed E-state index contributed by atoms with van der Waals surface area (Å²) in [7, 11) is 0. The van der Waals surface area contributed by atoms with Gasteiger partial charge in [0.25, 0.3) is 11.8 Å². The second-order valence-corrected chi connectivity index (χ2v) is 14.6. The Morgan fingerprint density at radius 2 is 1.66 bits per heavy atom. The molecule has 2 aliphatic rings. The topological polar surface area (TPSA) is 79.5 Å². The van der Waals surface area contributed by atoms with Gasteiger partial charge in [0.1, 0.15) is 16.6 Å². The lowest BCUT2D eigenvalue weighted by Crippen LogP contribution is -2.54. The van der Waals surface area contributed by atoms with Crippen LogP contribution in [0, 0.1) is 6.92 Å². The quantitative estimate of drug-likeness (QED) is 0.183. The molecule has 0 bridgehead atoms. The van der Waals surface area contributed by atoms with Gasteiger partial charge in [-0.25, -0.2) is 4.68 Å². The van der Waals surface area contributed by atoms with Crippen molar-refractivity contribution in [1.82, 2.24) is 29.4 Å². The van der Waals surface area contributed by atoms with Crippen molar-refractivity contribution in [3.63, 3.8) is 0 Å². The average molecular weight is 713 g/mol. The van der Waals surface area contributed by atoms with Crippen molar-refractivity contribution < 1.29 is 9.59 Å². The van der Waals surface area contributed by atoms with E-state index in [0.29, 0.717) is 32.7 Å². The first kappa shape index (κ1) is 31.5. The van der Waals surface area contributed by atoms with Crippen LogP contribution in [0.1, 0.15) is 53.7 Å². The predicted octanol–water partition coefficient (Wildman–Crippen LogP) is 6.93. The van der Waals surface area contributed by atoms with Gasteiger partial charge in [-0.2, -0.15) is 0 Å². The molecular formula is C36H38BrN7O2S. The van der Waals surface area contributed by atoms with Crippen LogP contribution < -0.4 is 4.90 Å². The monoisotopic (exact) mass is 711 g/mol. The molecule has 0 spiro atoms. The molecule has 0 saturated carbocycles. The lowest BCUT2D eigenvalue weighted by Gasteiger charge is -2.43. The number of anilines is 1. The fourth-order valence-corrected chi connectivity index (χ4v) is 7.95. The molecule has 3 aromatic heterocycles. The number of carbonyl (C=O) groups excluding carboxylic acids is 2. The van der Waals surface area contributed by atoms with Gasteiger partial charge in [-0.3, -0.25) is 14.5 Å². The van der Waals surface area contributed by atoms with Crippen molar-refractivity contribution in [1.29, 1.82) is 0 Å². The van der Waals surface area contributed by atoms with Gasteiger partial charge >= 0.3 is 0 Å². The molecule has 9 nitrogen and oxygen atoms in total. The van der Waals surface area contributed by atoms with Gasteiger partial charge in [0.15, 0.2) is 0 Å². The molecule has 5 aromatic rings. The maximum atomic E-state index is 14.0. The van der Waals surface area contributed by atoms with E-state index in [9.17, 15) is 9.59 Å². The second-order valence-electron chi connectivity index (χ2n) is 12.8. The average Bonchev–Trinajstić information content (AvgIpc) is 3.87. The SMILES string of the molecule is Cc1ccc(-c2csc(C(=O)N3CCN(C(C)(C)c4cn(C5CCCN(c6ccc(Br)cc6)C5=O)nn4)CC3)c2-n2cccc2)cc1. The summed E-state index contributed by atoms with van der Waals surface area (Å²) in [6.45, 7) is 9.71. The summed E-state index contributed by atoms with van der Waals surface area (Å²) < 4.78 is 4.78. The number of aryl methyl sites for hydroxylation is 1. The van der Waals surface area contributed by atoms with E-state index in [1.807, 2.05) is 64.8 Å². The van der Waals surface area contributed by atoms with Crippen LogP contribution in [0.4, 0.5) is 5.69 Å². The molecule has 2 aromatic carbocycles. The number of nitrogens with zero attached hydrogens (tertiary/aromatic N) is 7. The molecule has 0 radical (unpaired) electrons. The Hall–Kier alpha value is -4.06. The van der Waals surface area contributed by atoms with Gasteiger partial charge in [-0.05, 0) is 75.6 Å². The summed E-state index contributed by atoms with van der Waals surface area (Å²) in [6, 6.07) is 19.9. The number of piperidine rings is 1. The Morgan fingerprint density at radius 3 is 2.36 bits per heavy atom. The third-order valence-corrected chi connectivity index (χ3v) is 11.0. The van der Waals surface area contributed by atoms with E-state index in [4.69, 9.17) is 0 Å². The Labute approximate surface area is 287 Å². The first-order chi connectivity index (χ1) is 22.7. The minimum atomic E-state index is -0.422. The Bertz CT molecular complexity index is 1870. The Balaban J connectivity index is 1.05. The molecule has 1 unspecified atom stereocenters. The van der Waals surface area contributed by atoms with Gasteiger partial charge in [0, 0.05) is 66.2 Å². The van der Waals surface area contributed by atoms with Crippen LogP contribution >= 0.6 is 27.3 Å². The lowest BCUT2D eigenvalue weighted by molar-refractivity contribution is -0.123. The van der Waals surface area contributed by atoms with Gasteiger partial charge in [-0.15, -0.1) is 16.4 Å². The molecular weight excluding hydrogens is 674 g/mol. The number of aromatic nitrogens is 4. The van der Waals surface area contributed by atoms with E-state index in [-0.39, 0.29) is 17.9 Å². The largest absolute Gasteiger partial charge is 0.335 e. The number of amides is 2. The first-order valence-electron chi connectivity index (χ1n) is 16.1. The van der Waals surface area contributed by atoms with E-state index in [2.05, 4.69) is 86.1 Å². The molecule has 47 heavy (non-hydrogen) atoms. The standard InChI is InChI=1S/C36H38BrN7O2S/c1-25-8-10-26(11-9-25)29-24-47-33(32(29)40-16-4-5-17-40)35(46)41-19-21-42(22-20-41)36(2,3)31-23-44(39-38-31)30-7-6-18-43(34(30)45)28-14-12-27(37)13-15-28/h4-5,8-17,23-24,30H,6-7,18-22H2,1-3H3. The van der Waals surface area contributed by atoms with E-state index in [1.54, 1.807) is 4.68 Å². The van der Waals surface area contributed by atoms with Crippen LogP contribution in [-0.4, -0.2) is 73.9 Å². The van der Waals surface area contributed by atoms with Crippen LogP contribution in [0.15, 0.2) is 89.1 Å². The summed E-state index contributed by atoms with van der Waals surface area (Å²) in [4.78, 5) is 34.5. The molecule has 5 heterocycles. The van der Waals surface area contributed by atoms with Gasteiger partial charge in [-0.1, -0.05) is 51.0 Å². The molecule has 0 N–H and O–H groups in total. The molecule has 11 heteroatoms. The Morgan fingerprint density at radius 1 is 0.957 bits per heavy atom. The van der Waals surface area contributed by atoms with Crippen LogP contribution in [-0.2, 0) is 10.3 Å². The minimum Gasteiger partial charge on any atom is -0.335 e. The minimum absolute atomic E-state index is 0.0401. The number of halogens is 1. The van der Waals surface area contributed by atoms with Gasteiger partial charge in [0.05, 0.1) is 17.4 Å². The van der Waals surface area contributed by atoms with Crippen molar-refractivity contribution >= 4 is 44.8 Å². The van der Waals surface area contributed by atoms with Crippen molar-refractivity contribution in [2.24, 2.45) is 0 Å². The summed E-state index contributed by atoms with van der Waals surface area (Å²) in [5.41, 5.74) is 5.60. The number of hydrogen-bond donors (Lipinski definition) is 0. The number of piperazine rings is 1. The number of hydrogen-bond acceptors (Lipinski definition) is 6. The number of rotatable bonds is 7. The van der Waals surface area contributed by atoms with E-state index >= 15 is 0 Å². The van der Waals surface area contributed by atoms with Crippen LogP contribution in [0.5, 0.6) is 0 Å². The van der Waals surface area contributed by atoms with E-state index < -0.39 is 5.54 Å². The second kappa shape index (κ2) is 12.9. The van der Waals surface area contributed by atoms with Crippen molar-refractivity contribution in [2.45, 2.75) is 45.2 Å². The fraction of sp³-hybridized carbons (Fsp3) is 0.333. The third kappa shape index (κ3) is 6.08. The predicted molar refractivity (Wildman–Crippen MR) is 189 cm³/mol. The highest BCUT2D eigenvalue weighted by atomic mass is 79.9. The van der Waals surface area contributed by atoms with Crippen LogP contribution in [0.3, 0.4) is 0 Å². The summed E-state index contributed by atoms with van der Waals surface area (Å²) in [6.07, 6.45) is 7.57. The van der Waals surface area contributed by atoms with E-state index in [0.717, 1.165) is 50.4 Å². The first-order valence-corrected chi connectivity index (χ1v) is 17.7. The van der Waals surface area contributed by atoms with Gasteiger partial charge < -0.3 is 14.4 Å². The number of thiophene rings is 1. The highest BCUT2D eigenvalue weighted by molar-refractivity contribution is 9.10. The molecule has 2 aliphatic heterocycles. The summed E-state index contributed by atoms with van der Waals surface area (Å²) in [5, 5.41) is 11.1. The van der Waals surface area contributed by atoms with Crippen molar-refractivity contribution in [2.75, 3.05) is 37.6 Å². The third-order valence-electron chi connectivity index (χ3n) is 9.55. The Kier molecular flexibility index (Phi) is 8.63. The molecule has 2 saturated heterocycles. The highest BCUT2D eigenvalue weighted by Crippen LogP contribution is 2.37.